The van der Waals surface area contributed by atoms with Gasteiger partial charge < -0.3 is 5.32 Å². The van der Waals surface area contributed by atoms with Crippen LogP contribution in [0.4, 0.5) is 19.1 Å². The highest BCUT2D eigenvalue weighted by atomic mass is 19.4. The van der Waals surface area contributed by atoms with Crippen molar-refractivity contribution in [1.82, 2.24) is 9.97 Å². The monoisotopic (exact) mass is 267 g/mol. The van der Waals surface area contributed by atoms with E-state index in [1.807, 2.05) is 0 Å². The zero-order valence-electron chi connectivity index (χ0n) is 9.98. The lowest BCUT2D eigenvalue weighted by Gasteiger charge is -2.12. The Bertz CT molecular complexity index is 526. The van der Waals surface area contributed by atoms with Crippen LogP contribution in [0.5, 0.6) is 0 Å². The molecule has 1 aromatic heterocycles. The van der Waals surface area contributed by atoms with E-state index in [1.54, 1.807) is 24.5 Å². The van der Waals surface area contributed by atoms with E-state index < -0.39 is 11.7 Å². The molecule has 2 aromatic rings. The highest BCUT2D eigenvalue weighted by Gasteiger charge is 2.32. The summed E-state index contributed by atoms with van der Waals surface area (Å²) in [7, 11) is 0. The Kier molecular flexibility index (Phi) is 3.99. The predicted molar refractivity (Wildman–Crippen MR) is 65.7 cm³/mol. The molecule has 0 bridgehead atoms. The van der Waals surface area contributed by atoms with Gasteiger partial charge >= 0.3 is 6.18 Å². The van der Waals surface area contributed by atoms with Crippen LogP contribution in [0.15, 0.2) is 42.7 Å². The van der Waals surface area contributed by atoms with Crippen LogP contribution >= 0.6 is 0 Å². The molecule has 2 rings (SSSR count). The molecule has 0 fully saturated rings. The van der Waals surface area contributed by atoms with Crippen LogP contribution < -0.4 is 5.32 Å². The van der Waals surface area contributed by atoms with Gasteiger partial charge in [0.25, 0.3) is 0 Å². The first kappa shape index (κ1) is 13.3. The number of nitrogens with one attached hydrogen (secondary N) is 1. The minimum Gasteiger partial charge on any atom is -0.354 e. The molecule has 1 N–H and O–H groups in total. The summed E-state index contributed by atoms with van der Waals surface area (Å²) in [6.45, 7) is 0.344. The van der Waals surface area contributed by atoms with Crippen LogP contribution in [-0.4, -0.2) is 16.5 Å². The van der Waals surface area contributed by atoms with Gasteiger partial charge in [-0.05, 0) is 24.1 Å². The lowest BCUT2D eigenvalue weighted by atomic mass is 10.0. The van der Waals surface area contributed by atoms with Crippen LogP contribution in [0.1, 0.15) is 11.1 Å². The van der Waals surface area contributed by atoms with Crippen molar-refractivity contribution in [3.8, 4) is 0 Å². The number of hydrogen-bond donors (Lipinski definition) is 1. The molecule has 3 nitrogen and oxygen atoms in total. The maximum Gasteiger partial charge on any atom is 0.416 e. The van der Waals surface area contributed by atoms with Crippen LogP contribution in [0.2, 0.25) is 0 Å². The number of anilines is 1. The number of nitrogens with zero attached hydrogens (tertiary/aromatic N) is 2. The molecule has 0 unspecified atom stereocenters. The van der Waals surface area contributed by atoms with Crippen molar-refractivity contribution in [3.63, 3.8) is 0 Å². The third-order valence-corrected chi connectivity index (χ3v) is 2.57. The van der Waals surface area contributed by atoms with Crippen LogP contribution in [0.25, 0.3) is 0 Å². The molecule has 0 aliphatic heterocycles. The second-order valence-corrected chi connectivity index (χ2v) is 3.90. The normalized spacial score (nSPS) is 11.3. The second kappa shape index (κ2) is 5.69. The molecular weight excluding hydrogens is 255 g/mol. The molecule has 0 saturated heterocycles. The maximum absolute atomic E-state index is 12.8. The minimum atomic E-state index is -4.32. The fourth-order valence-corrected chi connectivity index (χ4v) is 1.71. The summed E-state index contributed by atoms with van der Waals surface area (Å²) >= 11 is 0. The highest BCUT2D eigenvalue weighted by molar-refractivity contribution is 5.31. The lowest BCUT2D eigenvalue weighted by Crippen LogP contribution is -2.13. The fraction of sp³-hybridized carbons (Fsp3) is 0.231. The van der Waals surface area contributed by atoms with Gasteiger partial charge in [-0.15, -0.1) is 0 Å². The van der Waals surface area contributed by atoms with Gasteiger partial charge in [0.05, 0.1) is 5.56 Å². The Labute approximate surface area is 108 Å². The molecule has 0 saturated carbocycles. The van der Waals surface area contributed by atoms with Crippen molar-refractivity contribution in [2.45, 2.75) is 12.6 Å². The van der Waals surface area contributed by atoms with Gasteiger partial charge in [-0.25, -0.2) is 9.97 Å². The summed E-state index contributed by atoms with van der Waals surface area (Å²) in [4.78, 5) is 7.87. The van der Waals surface area contributed by atoms with Crippen LogP contribution in [-0.2, 0) is 12.6 Å². The molecule has 1 heterocycles. The number of rotatable bonds is 4. The summed E-state index contributed by atoms with van der Waals surface area (Å²) in [5.74, 6) is 0.409. The maximum atomic E-state index is 12.8. The van der Waals surface area contributed by atoms with Gasteiger partial charge in [0, 0.05) is 18.9 Å². The third kappa shape index (κ3) is 3.67. The zero-order valence-corrected chi connectivity index (χ0v) is 9.98. The molecule has 19 heavy (non-hydrogen) atoms. The van der Waals surface area contributed by atoms with Gasteiger partial charge in [0.2, 0.25) is 5.95 Å². The smallest absolute Gasteiger partial charge is 0.354 e. The summed E-state index contributed by atoms with van der Waals surface area (Å²) in [6.07, 6.45) is -0.925. The summed E-state index contributed by atoms with van der Waals surface area (Å²) in [5, 5.41) is 2.88. The number of hydrogen-bond acceptors (Lipinski definition) is 3. The lowest BCUT2D eigenvalue weighted by molar-refractivity contribution is -0.138. The number of benzene rings is 1. The minimum absolute atomic E-state index is 0.258. The third-order valence-electron chi connectivity index (χ3n) is 2.57. The van der Waals surface area contributed by atoms with Crippen molar-refractivity contribution in [1.29, 1.82) is 0 Å². The Balaban J connectivity index is 2.00. The quantitative estimate of drug-likeness (QED) is 0.924. The number of aromatic nitrogens is 2. The van der Waals surface area contributed by atoms with Crippen molar-refractivity contribution >= 4 is 5.95 Å². The molecule has 100 valence electrons. The molecule has 0 atom stereocenters. The van der Waals surface area contributed by atoms with Gasteiger partial charge in [0.15, 0.2) is 0 Å². The highest BCUT2D eigenvalue weighted by Crippen LogP contribution is 2.31. The predicted octanol–water partition coefficient (Wildman–Crippen LogP) is 3.15. The van der Waals surface area contributed by atoms with Gasteiger partial charge in [0.1, 0.15) is 0 Å². The first-order chi connectivity index (χ1) is 9.07. The summed E-state index contributed by atoms with van der Waals surface area (Å²) in [6, 6.07) is 7.23. The van der Waals surface area contributed by atoms with Gasteiger partial charge in [-0.2, -0.15) is 13.2 Å². The average molecular weight is 267 g/mol. The fourth-order valence-electron chi connectivity index (χ4n) is 1.71. The Morgan fingerprint density at radius 1 is 1.00 bits per heavy atom. The topological polar surface area (TPSA) is 37.8 Å². The first-order valence-electron chi connectivity index (χ1n) is 5.73. The van der Waals surface area contributed by atoms with E-state index in [0.29, 0.717) is 12.5 Å². The zero-order chi connectivity index (χ0) is 13.7. The number of alkyl halides is 3. The molecule has 0 aliphatic carbocycles. The van der Waals surface area contributed by atoms with E-state index in [1.165, 1.54) is 12.1 Å². The van der Waals surface area contributed by atoms with Crippen molar-refractivity contribution in [2.24, 2.45) is 0 Å². The average Bonchev–Trinajstić information content (AvgIpc) is 2.39. The molecule has 0 spiro atoms. The second-order valence-electron chi connectivity index (χ2n) is 3.90. The first-order valence-corrected chi connectivity index (χ1v) is 5.73. The Hall–Kier alpha value is -2.11. The van der Waals surface area contributed by atoms with Gasteiger partial charge in [-0.3, -0.25) is 0 Å². The Morgan fingerprint density at radius 3 is 2.37 bits per heavy atom. The molecule has 0 radical (unpaired) electrons. The number of halogens is 3. The van der Waals surface area contributed by atoms with Crippen LogP contribution in [0.3, 0.4) is 0 Å². The van der Waals surface area contributed by atoms with Crippen LogP contribution in [0, 0.1) is 0 Å². The van der Waals surface area contributed by atoms with E-state index >= 15 is 0 Å². The molecule has 0 aliphatic rings. The SMILES string of the molecule is FC(F)(F)c1ccccc1CCNc1ncccn1. The summed E-state index contributed by atoms with van der Waals surface area (Å²) < 4.78 is 38.3. The van der Waals surface area contributed by atoms with Crippen molar-refractivity contribution < 1.29 is 13.2 Å². The Morgan fingerprint density at radius 2 is 1.68 bits per heavy atom. The molecule has 1 aromatic carbocycles. The van der Waals surface area contributed by atoms with Crippen molar-refractivity contribution in [2.75, 3.05) is 11.9 Å². The van der Waals surface area contributed by atoms with E-state index in [0.717, 1.165) is 6.07 Å². The van der Waals surface area contributed by atoms with Crippen molar-refractivity contribution in [3.05, 3.63) is 53.9 Å². The van der Waals surface area contributed by atoms with E-state index in [9.17, 15) is 13.2 Å². The van der Waals surface area contributed by atoms with E-state index in [-0.39, 0.29) is 12.0 Å². The molecular formula is C13H12F3N3. The standard InChI is InChI=1S/C13H12F3N3/c14-13(15,16)11-5-2-1-4-10(11)6-9-19-12-17-7-3-8-18-12/h1-5,7-8H,6,9H2,(H,17,18,19). The largest absolute Gasteiger partial charge is 0.416 e. The molecule has 6 heteroatoms. The summed E-state index contributed by atoms with van der Waals surface area (Å²) in [5.41, 5.74) is -0.329. The van der Waals surface area contributed by atoms with Gasteiger partial charge in [-0.1, -0.05) is 18.2 Å². The van der Waals surface area contributed by atoms with E-state index in [2.05, 4.69) is 15.3 Å². The molecule has 0 amide bonds. The van der Waals surface area contributed by atoms with E-state index in [4.69, 9.17) is 0 Å².